The molecule has 0 bridgehead atoms. The number of ketones is 1. The third-order valence-electron chi connectivity index (χ3n) is 8.43. The molecular weight excluding hydrogens is 474 g/mol. The van der Waals surface area contributed by atoms with E-state index in [0.717, 1.165) is 11.1 Å². The Morgan fingerprint density at radius 3 is 2.20 bits per heavy atom. The fourth-order valence-corrected chi connectivity index (χ4v) is 8.48. The predicted octanol–water partition coefficient (Wildman–Crippen LogP) is 6.06. The van der Waals surface area contributed by atoms with Gasteiger partial charge in [-0.25, -0.2) is 8.42 Å². The molecule has 0 unspecified atom stereocenters. The predicted molar refractivity (Wildman–Crippen MR) is 143 cm³/mol. The highest BCUT2D eigenvalue weighted by atomic mass is 32.2. The minimum atomic E-state index is -3.89. The number of nitrogens with zero attached hydrogens (tertiary/aromatic N) is 1. The van der Waals surface area contributed by atoms with Crippen LogP contribution in [0.15, 0.2) is 59.5 Å². The molecule has 1 saturated carbocycles. The Labute approximate surface area is 212 Å². The van der Waals surface area contributed by atoms with Crippen molar-refractivity contribution in [1.29, 1.82) is 0 Å². The molecular formula is C28H39NO4SSi. The minimum absolute atomic E-state index is 0.0206. The summed E-state index contributed by atoms with van der Waals surface area (Å²) in [6.45, 7) is 13.1. The lowest BCUT2D eigenvalue weighted by molar-refractivity contribution is -0.129. The molecule has 0 amide bonds. The summed E-state index contributed by atoms with van der Waals surface area (Å²) in [5.74, 6) is -0.00302. The lowest BCUT2D eigenvalue weighted by atomic mass is 9.75. The number of piperidine rings is 1. The molecule has 3 atom stereocenters. The Hall–Kier alpha value is -1.80. The molecule has 1 aliphatic heterocycles. The monoisotopic (exact) mass is 513 g/mol. The Bertz CT molecular complexity index is 1170. The summed E-state index contributed by atoms with van der Waals surface area (Å²) >= 11 is 0. The van der Waals surface area contributed by atoms with Gasteiger partial charge in [-0.15, -0.1) is 0 Å². The third kappa shape index (κ3) is 4.80. The SMILES string of the molecule is Cc1ccc(S(=O)(=O)N2C[C@@H](O[Si](C)(C)C(C)(C)C)[C@H](c3ccccc3)C[C@@]23CCCC3=O)cc1. The van der Waals surface area contributed by atoms with Gasteiger partial charge in [0.05, 0.1) is 16.5 Å². The molecule has 1 heterocycles. The fraction of sp³-hybridized carbons (Fsp3) is 0.536. The molecule has 2 aromatic rings. The standard InChI is InChI=1S/C28H39NO4SSi/c1-21-14-16-23(17-15-21)34(31,32)29-20-25(33-35(5,6)27(2,3)4)24(22-11-8-7-9-12-22)19-28(29)18-10-13-26(28)30/h7-9,11-12,14-17,24-25H,10,13,18-20H2,1-6H3/t24-,25+,28+/m0/s1. The van der Waals surface area contributed by atoms with E-state index in [9.17, 15) is 13.2 Å². The van der Waals surface area contributed by atoms with Crippen molar-refractivity contribution >= 4 is 24.1 Å². The molecule has 2 aliphatic rings. The van der Waals surface area contributed by atoms with Gasteiger partial charge < -0.3 is 4.43 Å². The maximum absolute atomic E-state index is 14.1. The highest BCUT2D eigenvalue weighted by Gasteiger charge is 2.58. The number of sulfonamides is 1. The molecule has 0 radical (unpaired) electrons. The van der Waals surface area contributed by atoms with Crippen LogP contribution in [-0.2, 0) is 19.2 Å². The van der Waals surface area contributed by atoms with E-state index in [1.54, 1.807) is 12.1 Å². The van der Waals surface area contributed by atoms with E-state index in [1.165, 1.54) is 4.31 Å². The summed E-state index contributed by atoms with van der Waals surface area (Å²) < 4.78 is 36.6. The normalized spacial score (nSPS) is 26.4. The second kappa shape index (κ2) is 9.25. The topological polar surface area (TPSA) is 63.7 Å². The largest absolute Gasteiger partial charge is 0.412 e. The van der Waals surface area contributed by atoms with Crippen molar-refractivity contribution in [3.05, 3.63) is 65.7 Å². The quantitative estimate of drug-likeness (QED) is 0.456. The van der Waals surface area contributed by atoms with Gasteiger partial charge in [-0.3, -0.25) is 4.79 Å². The molecule has 0 N–H and O–H groups in total. The second-order valence-electron chi connectivity index (χ2n) is 11.8. The van der Waals surface area contributed by atoms with Crippen LogP contribution in [0.4, 0.5) is 0 Å². The zero-order valence-corrected chi connectivity index (χ0v) is 23.7. The van der Waals surface area contributed by atoms with Crippen LogP contribution in [0, 0.1) is 6.92 Å². The smallest absolute Gasteiger partial charge is 0.244 e. The van der Waals surface area contributed by atoms with Crippen molar-refractivity contribution in [2.24, 2.45) is 0 Å². The van der Waals surface area contributed by atoms with Gasteiger partial charge in [-0.2, -0.15) is 4.31 Å². The van der Waals surface area contributed by atoms with Crippen molar-refractivity contribution in [2.75, 3.05) is 6.54 Å². The van der Waals surface area contributed by atoms with Crippen molar-refractivity contribution in [1.82, 2.24) is 4.31 Å². The van der Waals surface area contributed by atoms with Gasteiger partial charge in [0, 0.05) is 18.9 Å². The summed E-state index contributed by atoms with van der Waals surface area (Å²) in [6, 6.07) is 17.1. The summed E-state index contributed by atoms with van der Waals surface area (Å²) in [4.78, 5) is 13.7. The fourth-order valence-electron chi connectivity index (χ4n) is 5.33. The maximum atomic E-state index is 14.1. The number of Topliss-reactive ketones (excluding diaryl/α,β-unsaturated/α-hetero) is 1. The van der Waals surface area contributed by atoms with E-state index < -0.39 is 23.9 Å². The number of hydrogen-bond acceptors (Lipinski definition) is 4. The molecule has 35 heavy (non-hydrogen) atoms. The van der Waals surface area contributed by atoms with Crippen molar-refractivity contribution in [3.63, 3.8) is 0 Å². The molecule has 0 aromatic heterocycles. The Balaban J connectivity index is 1.83. The van der Waals surface area contributed by atoms with E-state index in [1.807, 2.05) is 37.3 Å². The van der Waals surface area contributed by atoms with Crippen LogP contribution in [0.3, 0.4) is 0 Å². The van der Waals surface area contributed by atoms with Gasteiger partial charge in [0.2, 0.25) is 10.0 Å². The van der Waals surface area contributed by atoms with Crippen LogP contribution < -0.4 is 0 Å². The first-order valence-corrected chi connectivity index (χ1v) is 17.0. The number of benzene rings is 2. The first-order valence-electron chi connectivity index (χ1n) is 12.6. The molecule has 4 rings (SSSR count). The first-order chi connectivity index (χ1) is 16.3. The molecule has 190 valence electrons. The van der Waals surface area contributed by atoms with E-state index in [4.69, 9.17) is 4.43 Å². The average molecular weight is 514 g/mol. The summed E-state index contributed by atoms with van der Waals surface area (Å²) in [7, 11) is -6.10. The van der Waals surface area contributed by atoms with Gasteiger partial charge in [-0.05, 0) is 62.0 Å². The van der Waals surface area contributed by atoms with Crippen molar-refractivity contribution in [3.8, 4) is 0 Å². The summed E-state index contributed by atoms with van der Waals surface area (Å²) in [6.07, 6.45) is 1.84. The lowest BCUT2D eigenvalue weighted by Gasteiger charge is -2.51. The van der Waals surface area contributed by atoms with Crippen LogP contribution in [0.5, 0.6) is 0 Å². The molecule has 2 aromatic carbocycles. The highest BCUT2D eigenvalue weighted by Crippen LogP contribution is 2.50. The maximum Gasteiger partial charge on any atom is 0.244 e. The molecule has 1 spiro atoms. The molecule has 7 heteroatoms. The van der Waals surface area contributed by atoms with Gasteiger partial charge in [0.25, 0.3) is 0 Å². The number of carbonyl (C=O) groups is 1. The zero-order valence-electron chi connectivity index (χ0n) is 21.9. The molecule has 1 saturated heterocycles. The van der Waals surface area contributed by atoms with Gasteiger partial charge in [0.15, 0.2) is 14.1 Å². The van der Waals surface area contributed by atoms with E-state index >= 15 is 0 Å². The zero-order chi connectivity index (χ0) is 25.6. The Morgan fingerprint density at radius 2 is 1.66 bits per heavy atom. The summed E-state index contributed by atoms with van der Waals surface area (Å²) in [5.41, 5.74) is 1.09. The van der Waals surface area contributed by atoms with Gasteiger partial charge in [0.1, 0.15) is 0 Å². The molecule has 2 fully saturated rings. The molecule has 1 aliphatic carbocycles. The first kappa shape index (κ1) is 26.3. The Kier molecular flexibility index (Phi) is 6.94. The van der Waals surface area contributed by atoms with Crippen LogP contribution in [0.25, 0.3) is 0 Å². The molecule has 5 nitrogen and oxygen atoms in total. The second-order valence-corrected chi connectivity index (χ2v) is 18.4. The number of rotatable bonds is 5. The average Bonchev–Trinajstić information content (AvgIpc) is 3.14. The number of carbonyl (C=O) groups excluding carboxylic acids is 1. The van der Waals surface area contributed by atoms with E-state index in [-0.39, 0.29) is 34.3 Å². The summed E-state index contributed by atoms with van der Waals surface area (Å²) in [5, 5.41) is -0.0206. The van der Waals surface area contributed by atoms with Gasteiger partial charge in [-0.1, -0.05) is 68.8 Å². The van der Waals surface area contributed by atoms with Crippen LogP contribution >= 0.6 is 0 Å². The van der Waals surface area contributed by atoms with Crippen molar-refractivity contribution < 1.29 is 17.6 Å². The number of aryl methyl sites for hydroxylation is 1. The van der Waals surface area contributed by atoms with E-state index in [0.29, 0.717) is 25.7 Å². The van der Waals surface area contributed by atoms with Crippen molar-refractivity contribution in [2.45, 2.75) is 94.0 Å². The highest BCUT2D eigenvalue weighted by molar-refractivity contribution is 7.89. The van der Waals surface area contributed by atoms with Crippen LogP contribution in [0.1, 0.15) is 63.5 Å². The number of hydrogen-bond donors (Lipinski definition) is 0. The lowest BCUT2D eigenvalue weighted by Crippen LogP contribution is -2.63. The van der Waals surface area contributed by atoms with Crippen LogP contribution in [0.2, 0.25) is 18.1 Å². The minimum Gasteiger partial charge on any atom is -0.412 e. The van der Waals surface area contributed by atoms with E-state index in [2.05, 4.69) is 46.0 Å². The van der Waals surface area contributed by atoms with Crippen LogP contribution in [-0.4, -0.2) is 45.0 Å². The third-order valence-corrected chi connectivity index (χ3v) is 14.9. The Morgan fingerprint density at radius 1 is 1.03 bits per heavy atom. The van der Waals surface area contributed by atoms with Gasteiger partial charge >= 0.3 is 0 Å².